The molecule has 2 rings (SSSR count). The predicted octanol–water partition coefficient (Wildman–Crippen LogP) is 4.50. The molecule has 1 N–H and O–H groups in total. The van der Waals surface area contributed by atoms with Crippen LogP contribution in [0.25, 0.3) is 0 Å². The molecule has 0 aliphatic heterocycles. The summed E-state index contributed by atoms with van der Waals surface area (Å²) in [4.78, 5) is 12.3. The maximum absolute atomic E-state index is 12.1. The minimum absolute atomic E-state index is 0.166. The number of ether oxygens (including phenoxy) is 1. The van der Waals surface area contributed by atoms with Gasteiger partial charge in [0.1, 0.15) is 5.75 Å². The Labute approximate surface area is 163 Å². The number of carbonyl (C=O) groups excluding carboxylic acids is 1. The summed E-state index contributed by atoms with van der Waals surface area (Å²) in [5, 5.41) is 3.67. The second-order valence-corrected chi connectivity index (χ2v) is 8.68. The molecule has 0 saturated carbocycles. The van der Waals surface area contributed by atoms with Crippen molar-refractivity contribution in [2.75, 3.05) is 18.2 Å². The zero-order valence-electron chi connectivity index (χ0n) is 14.4. The van der Waals surface area contributed by atoms with E-state index in [1.807, 2.05) is 0 Å². The number of rotatable bonds is 7. The molecule has 0 radical (unpaired) electrons. The van der Waals surface area contributed by atoms with Crippen LogP contribution in [-0.2, 0) is 14.6 Å². The third-order valence-electron chi connectivity index (χ3n) is 3.61. The third kappa shape index (κ3) is 5.90. The van der Waals surface area contributed by atoms with Gasteiger partial charge in [-0.25, -0.2) is 8.42 Å². The monoisotopic (exact) mass is 415 g/mol. The molecule has 0 spiro atoms. The number of anilines is 1. The van der Waals surface area contributed by atoms with Gasteiger partial charge in [0.15, 0.2) is 9.84 Å². The molecular weight excluding hydrogens is 397 g/mol. The lowest BCUT2D eigenvalue weighted by Crippen LogP contribution is -2.14. The number of hydrogen-bond acceptors (Lipinski definition) is 4. The molecule has 0 aliphatic rings. The van der Waals surface area contributed by atoms with Gasteiger partial charge in [0.25, 0.3) is 0 Å². The number of halogens is 2. The van der Waals surface area contributed by atoms with Crippen LogP contribution in [0.2, 0.25) is 10.0 Å². The van der Waals surface area contributed by atoms with Crippen LogP contribution in [0.4, 0.5) is 5.69 Å². The Kier molecular flexibility index (Phi) is 6.92. The highest BCUT2D eigenvalue weighted by Crippen LogP contribution is 2.27. The van der Waals surface area contributed by atoms with Crippen LogP contribution >= 0.6 is 23.2 Å². The van der Waals surface area contributed by atoms with Crippen molar-refractivity contribution < 1.29 is 17.9 Å². The molecule has 26 heavy (non-hydrogen) atoms. The Hall–Kier alpha value is -1.76. The van der Waals surface area contributed by atoms with Gasteiger partial charge in [-0.2, -0.15) is 0 Å². The summed E-state index contributed by atoms with van der Waals surface area (Å²) in [5.74, 6) is 0.290. The first kappa shape index (κ1) is 20.6. The Bertz CT molecular complexity index is 913. The summed E-state index contributed by atoms with van der Waals surface area (Å²) in [6.07, 6.45) is 1.84. The summed E-state index contributed by atoms with van der Waals surface area (Å²) in [6.45, 7) is 2.12. The lowest BCUT2D eigenvalue weighted by molar-refractivity contribution is -0.116. The van der Waals surface area contributed by atoms with Crippen LogP contribution in [0.15, 0.2) is 41.3 Å². The van der Waals surface area contributed by atoms with Gasteiger partial charge in [0.2, 0.25) is 5.91 Å². The molecule has 2 aromatic carbocycles. The van der Waals surface area contributed by atoms with Gasteiger partial charge in [-0.05, 0) is 49.2 Å². The molecule has 5 nitrogen and oxygen atoms in total. The SMILES string of the molecule is Cc1ccc(S(C)(=O)=O)cc1NC(=O)CCCOc1ccc(Cl)cc1Cl. The minimum atomic E-state index is -3.33. The number of aryl methyl sites for hydroxylation is 1. The number of nitrogens with one attached hydrogen (secondary N) is 1. The first-order valence-electron chi connectivity index (χ1n) is 7.85. The molecule has 0 atom stereocenters. The Balaban J connectivity index is 1.87. The third-order valence-corrected chi connectivity index (χ3v) is 5.25. The zero-order valence-corrected chi connectivity index (χ0v) is 16.7. The van der Waals surface area contributed by atoms with Gasteiger partial charge in [0, 0.05) is 23.4 Å². The molecule has 0 bridgehead atoms. The first-order chi connectivity index (χ1) is 12.2. The summed E-state index contributed by atoms with van der Waals surface area (Å²) in [5.41, 5.74) is 1.27. The smallest absolute Gasteiger partial charge is 0.224 e. The van der Waals surface area contributed by atoms with E-state index in [0.717, 1.165) is 11.8 Å². The van der Waals surface area contributed by atoms with E-state index in [1.165, 1.54) is 12.1 Å². The van der Waals surface area contributed by atoms with Gasteiger partial charge in [-0.3, -0.25) is 4.79 Å². The minimum Gasteiger partial charge on any atom is -0.492 e. The molecular formula is C18H19Cl2NO4S. The first-order valence-corrected chi connectivity index (χ1v) is 10.5. The van der Waals surface area contributed by atoms with E-state index in [1.54, 1.807) is 31.2 Å². The van der Waals surface area contributed by atoms with E-state index in [2.05, 4.69) is 5.32 Å². The van der Waals surface area contributed by atoms with E-state index >= 15 is 0 Å². The highest BCUT2D eigenvalue weighted by Gasteiger charge is 2.11. The molecule has 8 heteroatoms. The van der Waals surface area contributed by atoms with Gasteiger partial charge in [-0.15, -0.1) is 0 Å². The average Bonchev–Trinajstić information content (AvgIpc) is 2.54. The highest BCUT2D eigenvalue weighted by atomic mass is 35.5. The number of carbonyl (C=O) groups is 1. The van der Waals surface area contributed by atoms with Crippen molar-refractivity contribution in [1.29, 1.82) is 0 Å². The quantitative estimate of drug-likeness (QED) is 0.675. The average molecular weight is 416 g/mol. The molecule has 0 aliphatic carbocycles. The van der Waals surface area contributed by atoms with E-state index < -0.39 is 9.84 Å². The summed E-state index contributed by atoms with van der Waals surface area (Å²) < 4.78 is 28.8. The number of sulfone groups is 1. The fourth-order valence-corrected chi connectivity index (χ4v) is 3.30. The Morgan fingerprint density at radius 1 is 1.15 bits per heavy atom. The number of benzene rings is 2. The maximum atomic E-state index is 12.1. The van der Waals surface area contributed by atoms with Gasteiger partial charge in [-0.1, -0.05) is 29.3 Å². The molecule has 0 saturated heterocycles. The maximum Gasteiger partial charge on any atom is 0.224 e. The van der Waals surface area contributed by atoms with Crippen LogP contribution in [0.3, 0.4) is 0 Å². The van der Waals surface area contributed by atoms with Gasteiger partial charge < -0.3 is 10.1 Å². The lowest BCUT2D eigenvalue weighted by atomic mass is 10.2. The number of hydrogen-bond donors (Lipinski definition) is 1. The van der Waals surface area contributed by atoms with Crippen molar-refractivity contribution in [3.63, 3.8) is 0 Å². The predicted molar refractivity (Wildman–Crippen MR) is 104 cm³/mol. The highest BCUT2D eigenvalue weighted by molar-refractivity contribution is 7.90. The second-order valence-electron chi connectivity index (χ2n) is 5.82. The Morgan fingerprint density at radius 2 is 1.88 bits per heavy atom. The van der Waals surface area contributed by atoms with Crippen molar-refractivity contribution >= 4 is 44.6 Å². The number of amides is 1. The van der Waals surface area contributed by atoms with Gasteiger partial charge in [0.05, 0.1) is 16.5 Å². The summed E-state index contributed by atoms with van der Waals surface area (Å²) >= 11 is 11.8. The molecule has 0 heterocycles. The van der Waals surface area contributed by atoms with Crippen LogP contribution in [0, 0.1) is 6.92 Å². The van der Waals surface area contributed by atoms with E-state index in [-0.39, 0.29) is 17.2 Å². The Morgan fingerprint density at radius 3 is 2.54 bits per heavy atom. The molecule has 0 unspecified atom stereocenters. The lowest BCUT2D eigenvalue weighted by Gasteiger charge is -2.11. The van der Waals surface area contributed by atoms with Crippen molar-refractivity contribution in [1.82, 2.24) is 0 Å². The standard InChI is InChI=1S/C18H19Cl2NO4S/c1-12-5-7-14(26(2,23)24)11-16(12)21-18(22)4-3-9-25-17-8-6-13(19)10-15(17)20/h5-8,10-11H,3-4,9H2,1-2H3,(H,21,22). The van der Waals surface area contributed by atoms with Crippen LogP contribution in [-0.4, -0.2) is 27.2 Å². The molecule has 0 aromatic heterocycles. The van der Waals surface area contributed by atoms with Gasteiger partial charge >= 0.3 is 0 Å². The van der Waals surface area contributed by atoms with E-state index in [0.29, 0.717) is 34.5 Å². The van der Waals surface area contributed by atoms with Crippen molar-refractivity contribution in [2.45, 2.75) is 24.7 Å². The molecule has 140 valence electrons. The molecule has 0 fully saturated rings. The fourth-order valence-electron chi connectivity index (χ4n) is 2.19. The molecule has 1 amide bonds. The largest absolute Gasteiger partial charge is 0.492 e. The topological polar surface area (TPSA) is 72.5 Å². The van der Waals surface area contributed by atoms with Crippen LogP contribution in [0.1, 0.15) is 18.4 Å². The van der Waals surface area contributed by atoms with E-state index in [9.17, 15) is 13.2 Å². The van der Waals surface area contributed by atoms with Crippen LogP contribution < -0.4 is 10.1 Å². The van der Waals surface area contributed by atoms with Crippen molar-refractivity contribution in [3.8, 4) is 5.75 Å². The van der Waals surface area contributed by atoms with E-state index in [4.69, 9.17) is 27.9 Å². The summed E-state index contributed by atoms with van der Waals surface area (Å²) in [7, 11) is -3.33. The van der Waals surface area contributed by atoms with Crippen molar-refractivity contribution in [2.24, 2.45) is 0 Å². The van der Waals surface area contributed by atoms with Crippen molar-refractivity contribution in [3.05, 3.63) is 52.0 Å². The molecule has 2 aromatic rings. The normalized spacial score (nSPS) is 11.2. The van der Waals surface area contributed by atoms with Crippen LogP contribution in [0.5, 0.6) is 5.75 Å². The zero-order chi connectivity index (χ0) is 19.3. The second kappa shape index (κ2) is 8.75. The fraction of sp³-hybridized carbons (Fsp3) is 0.278. The summed E-state index contributed by atoms with van der Waals surface area (Å²) in [6, 6.07) is 9.58.